The molecule has 0 amide bonds. The van der Waals surface area contributed by atoms with Crippen LogP contribution in [-0.4, -0.2) is 15.0 Å². The number of hydrogen-bond acceptors (Lipinski definition) is 4. The first-order valence-electron chi connectivity index (χ1n) is 7.52. The maximum atomic E-state index is 13.4. The first-order chi connectivity index (χ1) is 11.9. The Morgan fingerprint density at radius 3 is 2.44 bits per heavy atom. The van der Waals surface area contributed by atoms with Crippen LogP contribution in [0.2, 0.25) is 5.02 Å². The topological polar surface area (TPSA) is 59.3 Å². The third-order valence-corrected chi connectivity index (χ3v) is 6.18. The lowest BCUT2D eigenvalue weighted by Crippen LogP contribution is -2.22. The molecule has 0 bridgehead atoms. The van der Waals surface area contributed by atoms with E-state index in [-0.39, 0.29) is 9.92 Å². The van der Waals surface area contributed by atoms with Gasteiger partial charge in [0.25, 0.3) is 0 Å². The minimum Gasteiger partial charge on any atom is -0.459 e. The molecule has 0 aliphatic carbocycles. The summed E-state index contributed by atoms with van der Waals surface area (Å²) in [5.41, 5.74) is 1.27. The van der Waals surface area contributed by atoms with Gasteiger partial charge in [0.2, 0.25) is 9.84 Å². The maximum Gasteiger partial charge on any atom is 0.206 e. The Morgan fingerprint density at radius 2 is 1.72 bits per heavy atom. The van der Waals surface area contributed by atoms with Crippen LogP contribution in [0.15, 0.2) is 44.5 Å². The molecule has 0 radical (unpaired) electrons. The molecule has 25 heavy (non-hydrogen) atoms. The molecule has 0 fully saturated rings. The van der Waals surface area contributed by atoms with E-state index in [0.29, 0.717) is 30.0 Å². The van der Waals surface area contributed by atoms with E-state index in [1.165, 1.54) is 12.1 Å². The highest BCUT2D eigenvalue weighted by Gasteiger charge is 2.25. The van der Waals surface area contributed by atoms with Crippen LogP contribution in [0.5, 0.6) is 0 Å². The molecule has 1 aliphatic heterocycles. The quantitative estimate of drug-likeness (QED) is 0.730. The molecular weight excluding hydrogens is 372 g/mol. The van der Waals surface area contributed by atoms with Gasteiger partial charge in [0.1, 0.15) is 17.4 Å². The molecule has 1 N–H and O–H groups in total. The zero-order chi connectivity index (χ0) is 17.8. The van der Waals surface area contributed by atoms with Gasteiger partial charge in [0.15, 0.2) is 5.58 Å². The van der Waals surface area contributed by atoms with Crippen LogP contribution in [0, 0.1) is 11.6 Å². The van der Waals surface area contributed by atoms with Crippen LogP contribution >= 0.6 is 11.6 Å². The molecule has 0 saturated carbocycles. The summed E-state index contributed by atoms with van der Waals surface area (Å²) in [6, 6.07) is 4.86. The van der Waals surface area contributed by atoms with Crippen molar-refractivity contribution in [3.8, 4) is 0 Å². The van der Waals surface area contributed by atoms with Gasteiger partial charge in [-0.3, -0.25) is 0 Å². The predicted octanol–water partition coefficient (Wildman–Crippen LogP) is 3.84. The van der Waals surface area contributed by atoms with E-state index in [9.17, 15) is 17.2 Å². The number of rotatable bonds is 2. The molecule has 1 aromatic heterocycles. The Balaban J connectivity index is 1.94. The number of fused-ring (bicyclic) bond motifs is 3. The standard InChI is InChI=1S/C17H12ClF2NO3S/c18-15-7-12(25(22,23)11-4-9(19)3-10(20)5-11)6-13-14-8-21-2-1-16(14)24-17(13)15/h3-7,21H,1-2,8H2. The fraction of sp³-hybridized carbons (Fsp3) is 0.176. The second-order valence-corrected chi connectivity index (χ2v) is 8.18. The molecule has 0 spiro atoms. The molecule has 1 aliphatic rings. The van der Waals surface area contributed by atoms with Gasteiger partial charge in [-0.25, -0.2) is 17.2 Å². The smallest absolute Gasteiger partial charge is 0.206 e. The summed E-state index contributed by atoms with van der Waals surface area (Å²) in [7, 11) is -4.13. The number of benzene rings is 2. The van der Waals surface area contributed by atoms with Crippen LogP contribution in [0.25, 0.3) is 11.0 Å². The second kappa shape index (κ2) is 5.79. The Labute approximate surface area is 147 Å². The number of sulfone groups is 1. The minimum atomic E-state index is -4.13. The fourth-order valence-corrected chi connectivity index (χ4v) is 4.69. The zero-order valence-corrected chi connectivity index (χ0v) is 14.3. The first kappa shape index (κ1) is 16.5. The van der Waals surface area contributed by atoms with E-state index in [4.69, 9.17) is 16.0 Å². The number of halogens is 3. The monoisotopic (exact) mass is 383 g/mol. The van der Waals surface area contributed by atoms with Gasteiger partial charge in [-0.1, -0.05) is 11.6 Å². The van der Waals surface area contributed by atoms with E-state index in [0.717, 1.165) is 30.0 Å². The van der Waals surface area contributed by atoms with E-state index in [1.807, 2.05) is 0 Å². The summed E-state index contributed by atoms with van der Waals surface area (Å²) in [5.74, 6) is -1.16. The Kier molecular flexibility index (Phi) is 3.82. The molecule has 8 heteroatoms. The Bertz CT molecular complexity index is 1090. The molecule has 4 nitrogen and oxygen atoms in total. The summed E-state index contributed by atoms with van der Waals surface area (Å²) in [5, 5.41) is 3.92. The maximum absolute atomic E-state index is 13.4. The molecule has 130 valence electrons. The number of furan rings is 1. The molecule has 0 unspecified atom stereocenters. The van der Waals surface area contributed by atoms with Crippen molar-refractivity contribution >= 4 is 32.4 Å². The average molecular weight is 384 g/mol. The Hall–Kier alpha value is -1.96. The lowest BCUT2D eigenvalue weighted by molar-refractivity contribution is 0.500. The normalized spacial score (nSPS) is 14.7. The largest absolute Gasteiger partial charge is 0.459 e. The lowest BCUT2D eigenvalue weighted by atomic mass is 10.1. The highest BCUT2D eigenvalue weighted by Crippen LogP contribution is 2.36. The highest BCUT2D eigenvalue weighted by molar-refractivity contribution is 7.91. The van der Waals surface area contributed by atoms with Crippen molar-refractivity contribution in [3.63, 3.8) is 0 Å². The lowest BCUT2D eigenvalue weighted by Gasteiger charge is -2.11. The van der Waals surface area contributed by atoms with E-state index < -0.39 is 26.4 Å². The molecule has 2 heterocycles. The van der Waals surface area contributed by atoms with Crippen molar-refractivity contribution < 1.29 is 21.6 Å². The second-order valence-electron chi connectivity index (χ2n) is 5.82. The van der Waals surface area contributed by atoms with Crippen LogP contribution in [0.1, 0.15) is 11.3 Å². The summed E-state index contributed by atoms with van der Waals surface area (Å²) >= 11 is 6.21. The van der Waals surface area contributed by atoms with Crippen molar-refractivity contribution in [1.29, 1.82) is 0 Å². The van der Waals surface area contributed by atoms with Gasteiger partial charge in [0, 0.05) is 36.5 Å². The van der Waals surface area contributed by atoms with Crippen LogP contribution < -0.4 is 5.32 Å². The molecule has 4 rings (SSSR count). The number of nitrogens with one attached hydrogen (secondary N) is 1. The Morgan fingerprint density at radius 1 is 1.04 bits per heavy atom. The van der Waals surface area contributed by atoms with Gasteiger partial charge in [-0.15, -0.1) is 0 Å². The molecule has 2 aromatic carbocycles. The van der Waals surface area contributed by atoms with Crippen molar-refractivity contribution in [2.75, 3.05) is 6.54 Å². The predicted molar refractivity (Wildman–Crippen MR) is 88.4 cm³/mol. The third-order valence-electron chi connectivity index (χ3n) is 4.19. The molecule has 0 atom stereocenters. The highest BCUT2D eigenvalue weighted by atomic mass is 35.5. The van der Waals surface area contributed by atoms with Crippen molar-refractivity contribution in [2.45, 2.75) is 22.8 Å². The van der Waals surface area contributed by atoms with E-state index in [2.05, 4.69) is 5.32 Å². The van der Waals surface area contributed by atoms with Crippen molar-refractivity contribution in [1.82, 2.24) is 5.32 Å². The molecular formula is C17H12ClF2NO3S. The van der Waals surface area contributed by atoms with Crippen molar-refractivity contribution in [2.24, 2.45) is 0 Å². The molecule has 0 saturated heterocycles. The van der Waals surface area contributed by atoms with E-state index in [1.54, 1.807) is 0 Å². The van der Waals surface area contributed by atoms with Crippen LogP contribution in [-0.2, 0) is 22.8 Å². The fourth-order valence-electron chi connectivity index (χ4n) is 3.02. The van der Waals surface area contributed by atoms with Crippen molar-refractivity contribution in [3.05, 3.63) is 58.3 Å². The molecule has 3 aromatic rings. The van der Waals surface area contributed by atoms with Crippen LogP contribution in [0.3, 0.4) is 0 Å². The van der Waals surface area contributed by atoms with Gasteiger partial charge in [-0.05, 0) is 24.3 Å². The summed E-state index contributed by atoms with van der Waals surface area (Å²) < 4.78 is 58.2. The van der Waals surface area contributed by atoms with Gasteiger partial charge in [0.05, 0.1) is 14.8 Å². The first-order valence-corrected chi connectivity index (χ1v) is 9.38. The minimum absolute atomic E-state index is 0.135. The summed E-state index contributed by atoms with van der Waals surface area (Å²) in [4.78, 5) is -0.597. The van der Waals surface area contributed by atoms with Gasteiger partial charge >= 0.3 is 0 Å². The SMILES string of the molecule is O=S(=O)(c1cc(F)cc(F)c1)c1cc(Cl)c2oc3c(c2c1)CNCC3. The third kappa shape index (κ3) is 2.72. The van der Waals surface area contributed by atoms with Gasteiger partial charge < -0.3 is 9.73 Å². The zero-order valence-electron chi connectivity index (χ0n) is 12.8. The number of hydrogen-bond donors (Lipinski definition) is 1. The summed E-state index contributed by atoms with van der Waals surface area (Å²) in [6.45, 7) is 1.30. The summed E-state index contributed by atoms with van der Waals surface area (Å²) in [6.07, 6.45) is 0.678. The van der Waals surface area contributed by atoms with Gasteiger partial charge in [-0.2, -0.15) is 0 Å². The average Bonchev–Trinajstić information content (AvgIpc) is 2.93. The van der Waals surface area contributed by atoms with E-state index >= 15 is 0 Å². The van der Waals surface area contributed by atoms with Crippen LogP contribution in [0.4, 0.5) is 8.78 Å².